The lowest BCUT2D eigenvalue weighted by molar-refractivity contribution is -0.142. The van der Waals surface area contributed by atoms with Gasteiger partial charge in [-0.25, -0.2) is 0 Å². The predicted octanol–water partition coefficient (Wildman–Crippen LogP) is 2.87. The smallest absolute Gasteiger partial charge is 0.309 e. The van der Waals surface area contributed by atoms with Crippen LogP contribution in [0.5, 0.6) is 5.75 Å². The zero-order valence-electron chi connectivity index (χ0n) is 13.4. The van der Waals surface area contributed by atoms with Crippen molar-refractivity contribution in [1.82, 2.24) is 4.90 Å². The van der Waals surface area contributed by atoms with Gasteiger partial charge in [-0.1, -0.05) is 42.5 Å². The lowest BCUT2D eigenvalue weighted by Gasteiger charge is -2.27. The number of ether oxygens (including phenoxy) is 1. The van der Waals surface area contributed by atoms with Crippen LogP contribution in [0.1, 0.15) is 23.6 Å². The summed E-state index contributed by atoms with van der Waals surface area (Å²) in [4.78, 5) is 25.7. The topological polar surface area (TPSA) is 66.8 Å². The van der Waals surface area contributed by atoms with Gasteiger partial charge in [-0.15, -0.1) is 0 Å². The number of amides is 1. The first-order chi connectivity index (χ1) is 11.6. The Morgan fingerprint density at radius 1 is 1.17 bits per heavy atom. The second kappa shape index (κ2) is 6.74. The maximum atomic E-state index is 12.4. The fourth-order valence-electron chi connectivity index (χ4n) is 3.19. The van der Waals surface area contributed by atoms with E-state index in [0.717, 1.165) is 11.1 Å². The van der Waals surface area contributed by atoms with Gasteiger partial charge in [-0.3, -0.25) is 9.59 Å². The molecular formula is C19H19NO4. The first-order valence-electron chi connectivity index (χ1n) is 7.80. The Hall–Kier alpha value is -2.82. The molecule has 24 heavy (non-hydrogen) atoms. The van der Waals surface area contributed by atoms with Crippen LogP contribution in [-0.4, -0.2) is 29.0 Å². The molecule has 0 radical (unpaired) electrons. The zero-order valence-corrected chi connectivity index (χ0v) is 13.4. The molecule has 0 spiro atoms. The fourth-order valence-corrected chi connectivity index (χ4v) is 3.19. The van der Waals surface area contributed by atoms with E-state index >= 15 is 0 Å². The number of hydrogen-bond donors (Lipinski definition) is 1. The summed E-state index contributed by atoms with van der Waals surface area (Å²) in [6.07, 6.45) is 0.0266. The maximum absolute atomic E-state index is 12.4. The zero-order chi connectivity index (χ0) is 17.1. The highest BCUT2D eigenvalue weighted by Crippen LogP contribution is 2.39. The van der Waals surface area contributed by atoms with Crippen molar-refractivity contribution in [2.24, 2.45) is 5.92 Å². The molecule has 5 heteroatoms. The first kappa shape index (κ1) is 16.1. The molecule has 0 saturated carbocycles. The fraction of sp³-hybridized carbons (Fsp3) is 0.263. The first-order valence-corrected chi connectivity index (χ1v) is 7.80. The predicted molar refractivity (Wildman–Crippen MR) is 88.5 cm³/mol. The van der Waals surface area contributed by atoms with Crippen molar-refractivity contribution in [2.45, 2.75) is 19.0 Å². The number of rotatable bonds is 5. The minimum Gasteiger partial charge on any atom is -0.497 e. The van der Waals surface area contributed by atoms with Crippen LogP contribution in [0.15, 0.2) is 54.6 Å². The van der Waals surface area contributed by atoms with Gasteiger partial charge >= 0.3 is 5.97 Å². The third-order valence-corrected chi connectivity index (χ3v) is 4.40. The molecule has 124 valence electrons. The summed E-state index contributed by atoms with van der Waals surface area (Å²) in [5.41, 5.74) is 1.79. The van der Waals surface area contributed by atoms with Crippen molar-refractivity contribution in [2.75, 3.05) is 7.11 Å². The van der Waals surface area contributed by atoms with Gasteiger partial charge in [0.25, 0.3) is 0 Å². The molecule has 1 N–H and O–H groups in total. The van der Waals surface area contributed by atoms with Crippen LogP contribution < -0.4 is 4.74 Å². The Labute approximate surface area is 140 Å². The molecule has 5 nitrogen and oxygen atoms in total. The molecule has 0 unspecified atom stereocenters. The number of carbonyl (C=O) groups excluding carboxylic acids is 1. The van der Waals surface area contributed by atoms with E-state index in [9.17, 15) is 14.7 Å². The summed E-state index contributed by atoms with van der Waals surface area (Å²) in [6.45, 7) is 0.403. The number of hydrogen-bond acceptors (Lipinski definition) is 3. The standard InChI is InChI=1S/C19H19NO4/c1-24-15-9-7-14(8-10-15)18-16(19(22)23)11-17(21)20(18)12-13-5-3-2-4-6-13/h2-10,16,18H,11-12H2,1H3,(H,22,23)/t16-,18-/m1/s1. The van der Waals surface area contributed by atoms with E-state index in [1.54, 1.807) is 24.1 Å². The van der Waals surface area contributed by atoms with Crippen LogP contribution in [0, 0.1) is 5.92 Å². The molecule has 2 aromatic carbocycles. The second-order valence-electron chi connectivity index (χ2n) is 5.87. The van der Waals surface area contributed by atoms with Gasteiger partial charge in [-0.2, -0.15) is 0 Å². The molecule has 2 aromatic rings. The molecule has 1 heterocycles. The van der Waals surface area contributed by atoms with Crippen molar-refractivity contribution in [3.63, 3.8) is 0 Å². The van der Waals surface area contributed by atoms with Crippen LogP contribution in [-0.2, 0) is 16.1 Å². The number of carboxylic acid groups (broad SMARTS) is 1. The summed E-state index contributed by atoms with van der Waals surface area (Å²) >= 11 is 0. The van der Waals surface area contributed by atoms with Gasteiger partial charge in [0.05, 0.1) is 19.1 Å². The van der Waals surface area contributed by atoms with Crippen LogP contribution in [0.25, 0.3) is 0 Å². The van der Waals surface area contributed by atoms with E-state index in [1.165, 1.54) is 0 Å². The van der Waals surface area contributed by atoms with Crippen molar-refractivity contribution in [3.05, 3.63) is 65.7 Å². The number of aliphatic carboxylic acids is 1. The van der Waals surface area contributed by atoms with E-state index in [0.29, 0.717) is 12.3 Å². The minimum absolute atomic E-state index is 0.0266. The van der Waals surface area contributed by atoms with Crippen molar-refractivity contribution in [1.29, 1.82) is 0 Å². The van der Waals surface area contributed by atoms with Crippen LogP contribution in [0.4, 0.5) is 0 Å². The Balaban J connectivity index is 1.94. The van der Waals surface area contributed by atoms with E-state index in [-0.39, 0.29) is 12.3 Å². The number of nitrogens with zero attached hydrogens (tertiary/aromatic N) is 1. The van der Waals surface area contributed by atoms with Gasteiger partial charge in [-0.05, 0) is 23.3 Å². The van der Waals surface area contributed by atoms with Gasteiger partial charge in [0.2, 0.25) is 5.91 Å². The van der Waals surface area contributed by atoms with Crippen molar-refractivity contribution >= 4 is 11.9 Å². The molecule has 1 fully saturated rings. The lowest BCUT2D eigenvalue weighted by Crippen LogP contribution is -2.30. The summed E-state index contributed by atoms with van der Waals surface area (Å²) in [5.74, 6) is -1.12. The molecule has 1 amide bonds. The molecule has 1 aliphatic heterocycles. The SMILES string of the molecule is COc1ccc([C@@H]2[C@H](C(=O)O)CC(=O)N2Cc2ccccc2)cc1. The third-order valence-electron chi connectivity index (χ3n) is 4.40. The highest BCUT2D eigenvalue weighted by molar-refractivity contribution is 5.87. The summed E-state index contributed by atoms with van der Waals surface area (Å²) < 4.78 is 5.15. The summed E-state index contributed by atoms with van der Waals surface area (Å²) in [6, 6.07) is 16.4. The highest BCUT2D eigenvalue weighted by Gasteiger charge is 2.44. The van der Waals surface area contributed by atoms with E-state index < -0.39 is 17.9 Å². The second-order valence-corrected chi connectivity index (χ2v) is 5.87. The lowest BCUT2D eigenvalue weighted by atomic mass is 9.93. The number of methoxy groups -OCH3 is 1. The summed E-state index contributed by atoms with van der Waals surface area (Å²) in [7, 11) is 1.58. The average Bonchev–Trinajstić information content (AvgIpc) is 2.93. The number of benzene rings is 2. The molecular weight excluding hydrogens is 306 g/mol. The van der Waals surface area contributed by atoms with Gasteiger partial charge in [0.15, 0.2) is 0 Å². The molecule has 2 atom stereocenters. The van der Waals surface area contributed by atoms with Gasteiger partial charge < -0.3 is 14.7 Å². The molecule has 0 bridgehead atoms. The molecule has 0 aromatic heterocycles. The van der Waals surface area contributed by atoms with Crippen LogP contribution >= 0.6 is 0 Å². The maximum Gasteiger partial charge on any atom is 0.309 e. The third kappa shape index (κ3) is 3.11. The highest BCUT2D eigenvalue weighted by atomic mass is 16.5. The van der Waals surface area contributed by atoms with Gasteiger partial charge in [0.1, 0.15) is 5.75 Å². The Morgan fingerprint density at radius 3 is 2.42 bits per heavy atom. The molecule has 1 aliphatic rings. The monoisotopic (exact) mass is 325 g/mol. The molecule has 0 aliphatic carbocycles. The molecule has 3 rings (SSSR count). The normalized spacial score (nSPS) is 20.2. The van der Waals surface area contributed by atoms with Crippen LogP contribution in [0.2, 0.25) is 0 Å². The van der Waals surface area contributed by atoms with E-state index in [4.69, 9.17) is 4.74 Å². The number of carboxylic acids is 1. The Kier molecular flexibility index (Phi) is 4.51. The van der Waals surface area contributed by atoms with E-state index in [2.05, 4.69) is 0 Å². The molecule has 1 saturated heterocycles. The summed E-state index contributed by atoms with van der Waals surface area (Å²) in [5, 5.41) is 9.54. The Morgan fingerprint density at radius 2 is 1.83 bits per heavy atom. The van der Waals surface area contributed by atoms with E-state index in [1.807, 2.05) is 42.5 Å². The Bertz CT molecular complexity index is 727. The van der Waals surface area contributed by atoms with Crippen molar-refractivity contribution < 1.29 is 19.4 Å². The number of likely N-dealkylation sites (tertiary alicyclic amines) is 1. The van der Waals surface area contributed by atoms with Gasteiger partial charge in [0, 0.05) is 13.0 Å². The largest absolute Gasteiger partial charge is 0.497 e. The van der Waals surface area contributed by atoms with Crippen molar-refractivity contribution in [3.8, 4) is 5.75 Å². The average molecular weight is 325 g/mol. The number of carbonyl (C=O) groups is 2. The minimum atomic E-state index is -0.945. The quantitative estimate of drug-likeness (QED) is 0.918. The van der Waals surface area contributed by atoms with Crippen LogP contribution in [0.3, 0.4) is 0 Å².